The van der Waals surface area contributed by atoms with Gasteiger partial charge in [-0.15, -0.1) is 0 Å². The van der Waals surface area contributed by atoms with Crippen molar-refractivity contribution < 1.29 is 19.4 Å². The largest absolute Gasteiger partial charge is 0.434 e. The molecule has 1 aliphatic heterocycles. The summed E-state index contributed by atoms with van der Waals surface area (Å²) in [5.41, 5.74) is 0. The molecule has 0 bridgehead atoms. The van der Waals surface area contributed by atoms with Crippen LogP contribution in [0.4, 0.5) is 0 Å². The van der Waals surface area contributed by atoms with Gasteiger partial charge in [-0.2, -0.15) is 0 Å². The lowest BCUT2D eigenvalue weighted by molar-refractivity contribution is -0.180. The lowest BCUT2D eigenvalue weighted by atomic mass is 10.1. The highest BCUT2D eigenvalue weighted by Gasteiger charge is 2.24. The van der Waals surface area contributed by atoms with Crippen molar-refractivity contribution in [3.8, 4) is 0 Å². The quantitative estimate of drug-likeness (QED) is 0.487. The Morgan fingerprint density at radius 3 is 2.92 bits per heavy atom. The van der Waals surface area contributed by atoms with Crippen molar-refractivity contribution >= 4 is 5.97 Å². The van der Waals surface area contributed by atoms with Crippen molar-refractivity contribution in [3.63, 3.8) is 0 Å². The molecular formula is C8H14O4. The fraction of sp³-hybridized carbons (Fsp3) is 0.875. The molecule has 1 fully saturated rings. The zero-order chi connectivity index (χ0) is 8.97. The van der Waals surface area contributed by atoms with Crippen molar-refractivity contribution in [2.45, 2.75) is 38.6 Å². The van der Waals surface area contributed by atoms with E-state index in [2.05, 4.69) is 4.74 Å². The Morgan fingerprint density at radius 2 is 2.42 bits per heavy atom. The average Bonchev–Trinajstić information content (AvgIpc) is 2.05. The summed E-state index contributed by atoms with van der Waals surface area (Å²) in [4.78, 5) is 11.1. The standard InChI is InChI=1S/C8H14O4/c1-6(9)12-8(10)7-4-2-3-5-11-7/h6-7,9H,2-5H2,1H3. The van der Waals surface area contributed by atoms with E-state index in [1.54, 1.807) is 0 Å². The molecule has 4 nitrogen and oxygen atoms in total. The van der Waals surface area contributed by atoms with E-state index in [0.717, 1.165) is 12.8 Å². The van der Waals surface area contributed by atoms with Gasteiger partial charge in [0.15, 0.2) is 12.4 Å². The molecule has 0 saturated carbocycles. The van der Waals surface area contributed by atoms with Crippen LogP contribution in [0.5, 0.6) is 0 Å². The molecule has 12 heavy (non-hydrogen) atoms. The number of hydrogen-bond acceptors (Lipinski definition) is 4. The zero-order valence-corrected chi connectivity index (χ0v) is 7.16. The first-order chi connectivity index (χ1) is 5.70. The second-order valence-corrected chi connectivity index (χ2v) is 2.89. The molecule has 2 atom stereocenters. The predicted molar refractivity (Wildman–Crippen MR) is 41.4 cm³/mol. The first-order valence-corrected chi connectivity index (χ1v) is 4.20. The van der Waals surface area contributed by atoms with Gasteiger partial charge in [0, 0.05) is 6.61 Å². The van der Waals surface area contributed by atoms with Gasteiger partial charge in [0.25, 0.3) is 0 Å². The fourth-order valence-corrected chi connectivity index (χ4v) is 1.17. The van der Waals surface area contributed by atoms with E-state index in [1.807, 2.05) is 0 Å². The van der Waals surface area contributed by atoms with Gasteiger partial charge in [-0.3, -0.25) is 0 Å². The summed E-state index contributed by atoms with van der Waals surface area (Å²) in [5.74, 6) is -0.454. The Bertz CT molecular complexity index is 149. The molecule has 0 aromatic heterocycles. The zero-order valence-electron chi connectivity index (χ0n) is 7.16. The smallest absolute Gasteiger partial charge is 0.337 e. The molecule has 1 heterocycles. The van der Waals surface area contributed by atoms with Crippen molar-refractivity contribution in [1.82, 2.24) is 0 Å². The van der Waals surface area contributed by atoms with E-state index in [1.165, 1.54) is 6.92 Å². The summed E-state index contributed by atoms with van der Waals surface area (Å²) in [6.07, 6.45) is 1.18. The Hall–Kier alpha value is -0.610. The lowest BCUT2D eigenvalue weighted by Crippen LogP contribution is -2.32. The highest BCUT2D eigenvalue weighted by Crippen LogP contribution is 2.14. The fourth-order valence-electron chi connectivity index (χ4n) is 1.17. The average molecular weight is 174 g/mol. The molecule has 1 rings (SSSR count). The van der Waals surface area contributed by atoms with Crippen LogP contribution in [0.15, 0.2) is 0 Å². The first-order valence-electron chi connectivity index (χ1n) is 4.20. The first kappa shape index (κ1) is 9.48. The summed E-state index contributed by atoms with van der Waals surface area (Å²) in [5, 5.41) is 8.75. The van der Waals surface area contributed by atoms with Crippen molar-refractivity contribution in [2.24, 2.45) is 0 Å². The van der Waals surface area contributed by atoms with Crippen LogP contribution in [0.3, 0.4) is 0 Å². The van der Waals surface area contributed by atoms with Gasteiger partial charge in [0.05, 0.1) is 0 Å². The monoisotopic (exact) mass is 174 g/mol. The molecule has 0 aliphatic carbocycles. The van der Waals surface area contributed by atoms with Gasteiger partial charge in [0.1, 0.15) is 0 Å². The number of hydrogen-bond donors (Lipinski definition) is 1. The van der Waals surface area contributed by atoms with E-state index in [4.69, 9.17) is 9.84 Å². The van der Waals surface area contributed by atoms with Crippen LogP contribution in [0.2, 0.25) is 0 Å². The Kier molecular flexibility index (Phi) is 3.49. The van der Waals surface area contributed by atoms with Crippen LogP contribution in [0, 0.1) is 0 Å². The minimum Gasteiger partial charge on any atom is -0.434 e. The number of rotatable bonds is 2. The molecule has 70 valence electrons. The Balaban J connectivity index is 2.30. The van der Waals surface area contributed by atoms with Gasteiger partial charge in [-0.1, -0.05) is 0 Å². The normalized spacial score (nSPS) is 26.3. The third-order valence-corrected chi connectivity index (χ3v) is 1.73. The molecule has 1 N–H and O–H groups in total. The van der Waals surface area contributed by atoms with Crippen molar-refractivity contribution in [3.05, 3.63) is 0 Å². The lowest BCUT2D eigenvalue weighted by Gasteiger charge is -2.21. The predicted octanol–water partition coefficient (Wildman–Crippen LogP) is 0.437. The summed E-state index contributed by atoms with van der Waals surface area (Å²) in [7, 11) is 0. The maximum absolute atomic E-state index is 11.1. The number of esters is 1. The summed E-state index contributed by atoms with van der Waals surface area (Å²) in [6.45, 7) is 2.01. The highest BCUT2D eigenvalue weighted by atomic mass is 16.6. The van der Waals surface area contributed by atoms with Crippen molar-refractivity contribution in [2.75, 3.05) is 6.61 Å². The van der Waals surface area contributed by atoms with E-state index >= 15 is 0 Å². The third kappa shape index (κ3) is 2.79. The second-order valence-electron chi connectivity index (χ2n) is 2.89. The molecule has 1 aliphatic rings. The maximum Gasteiger partial charge on any atom is 0.337 e. The van der Waals surface area contributed by atoms with Crippen LogP contribution in [-0.2, 0) is 14.3 Å². The van der Waals surface area contributed by atoms with Gasteiger partial charge in [0.2, 0.25) is 0 Å². The number of carbonyl (C=O) groups excluding carboxylic acids is 1. The van der Waals surface area contributed by atoms with Gasteiger partial charge >= 0.3 is 5.97 Å². The van der Waals surface area contributed by atoms with Crippen LogP contribution in [0.25, 0.3) is 0 Å². The molecular weight excluding hydrogens is 160 g/mol. The summed E-state index contributed by atoms with van der Waals surface area (Å²) in [6, 6.07) is 0. The highest BCUT2D eigenvalue weighted by molar-refractivity contribution is 5.74. The number of aliphatic hydroxyl groups excluding tert-OH is 1. The van der Waals surface area contributed by atoms with E-state index < -0.39 is 18.4 Å². The number of carbonyl (C=O) groups is 1. The topological polar surface area (TPSA) is 55.8 Å². The Morgan fingerprint density at radius 1 is 1.67 bits per heavy atom. The van der Waals surface area contributed by atoms with Crippen LogP contribution in [-0.4, -0.2) is 30.1 Å². The molecule has 1 saturated heterocycles. The van der Waals surface area contributed by atoms with Gasteiger partial charge < -0.3 is 14.6 Å². The summed E-state index contributed by atoms with van der Waals surface area (Å²) < 4.78 is 9.74. The van der Waals surface area contributed by atoms with Crippen LogP contribution >= 0.6 is 0 Å². The SMILES string of the molecule is CC(O)OC(=O)C1CCCCO1. The molecule has 0 amide bonds. The van der Waals surface area contributed by atoms with Gasteiger partial charge in [-0.05, 0) is 26.2 Å². The van der Waals surface area contributed by atoms with Crippen LogP contribution in [0.1, 0.15) is 26.2 Å². The molecule has 2 unspecified atom stereocenters. The molecule has 0 aromatic carbocycles. The minimum absolute atomic E-state index is 0.454. The number of aliphatic hydroxyl groups is 1. The Labute approximate surface area is 71.5 Å². The van der Waals surface area contributed by atoms with Gasteiger partial charge in [-0.25, -0.2) is 4.79 Å². The van der Waals surface area contributed by atoms with E-state index in [-0.39, 0.29) is 0 Å². The molecule has 0 spiro atoms. The molecule has 0 radical (unpaired) electrons. The van der Waals surface area contributed by atoms with Crippen molar-refractivity contribution in [1.29, 1.82) is 0 Å². The minimum atomic E-state index is -1.04. The van der Waals surface area contributed by atoms with E-state index in [0.29, 0.717) is 13.0 Å². The number of ether oxygens (including phenoxy) is 2. The maximum atomic E-state index is 11.1. The summed E-state index contributed by atoms with van der Waals surface area (Å²) >= 11 is 0. The third-order valence-electron chi connectivity index (χ3n) is 1.73. The van der Waals surface area contributed by atoms with E-state index in [9.17, 15) is 4.79 Å². The molecule has 4 heteroatoms. The molecule has 0 aromatic rings. The van der Waals surface area contributed by atoms with Crippen LogP contribution < -0.4 is 0 Å². The second kappa shape index (κ2) is 4.42.